The lowest BCUT2D eigenvalue weighted by Crippen LogP contribution is -2.27. The second kappa shape index (κ2) is 7.00. The van der Waals surface area contributed by atoms with Gasteiger partial charge in [0.25, 0.3) is 5.56 Å². The molecule has 8 heteroatoms. The topological polar surface area (TPSA) is 56.1 Å². The number of ether oxygens (including phenoxy) is 1. The van der Waals surface area contributed by atoms with E-state index in [-0.39, 0.29) is 16.8 Å². The first-order valence-electron chi connectivity index (χ1n) is 8.24. The van der Waals surface area contributed by atoms with Gasteiger partial charge in [0.2, 0.25) is 0 Å². The third-order valence-corrected chi connectivity index (χ3v) is 4.66. The van der Waals surface area contributed by atoms with Crippen LogP contribution in [0.4, 0.5) is 14.5 Å². The molecule has 0 saturated heterocycles. The second-order valence-corrected chi connectivity index (χ2v) is 6.50. The molecule has 1 N–H and O–H groups in total. The molecule has 0 amide bonds. The summed E-state index contributed by atoms with van der Waals surface area (Å²) in [6.45, 7) is 0.421. The molecule has 2 heterocycles. The van der Waals surface area contributed by atoms with Crippen molar-refractivity contribution in [3.63, 3.8) is 0 Å². The van der Waals surface area contributed by atoms with E-state index in [0.29, 0.717) is 18.3 Å². The van der Waals surface area contributed by atoms with Crippen LogP contribution in [0.25, 0.3) is 5.69 Å². The largest absolute Gasteiger partial charge is 0.488 e. The van der Waals surface area contributed by atoms with Crippen molar-refractivity contribution < 1.29 is 13.5 Å². The van der Waals surface area contributed by atoms with E-state index >= 15 is 0 Å². The highest BCUT2D eigenvalue weighted by atomic mass is 35.5. The van der Waals surface area contributed by atoms with Crippen molar-refractivity contribution in [2.24, 2.45) is 0 Å². The second-order valence-electron chi connectivity index (χ2n) is 6.12. The first kappa shape index (κ1) is 17.5. The minimum Gasteiger partial charge on any atom is -0.488 e. The molecule has 0 spiro atoms. The lowest BCUT2D eigenvalue weighted by atomic mass is 10.1. The predicted molar refractivity (Wildman–Crippen MR) is 97.8 cm³/mol. The summed E-state index contributed by atoms with van der Waals surface area (Å²) < 4.78 is 33.6. The molecule has 0 aliphatic carbocycles. The van der Waals surface area contributed by atoms with Crippen LogP contribution in [-0.2, 0) is 6.42 Å². The monoisotopic (exact) mass is 389 g/mol. The Morgan fingerprint density at radius 1 is 1.26 bits per heavy atom. The number of fused-ring (bicyclic) bond motifs is 1. The van der Waals surface area contributed by atoms with Gasteiger partial charge in [0.05, 0.1) is 18.4 Å². The zero-order valence-corrected chi connectivity index (χ0v) is 14.7. The van der Waals surface area contributed by atoms with Crippen LogP contribution in [0.1, 0.15) is 5.56 Å². The number of aromatic nitrogens is 2. The summed E-state index contributed by atoms with van der Waals surface area (Å²) in [4.78, 5) is 12.4. The van der Waals surface area contributed by atoms with E-state index in [2.05, 4.69) is 10.4 Å². The molecule has 3 aromatic rings. The number of nitrogens with zero attached hydrogens (tertiary/aromatic N) is 2. The molecule has 138 valence electrons. The highest BCUT2D eigenvalue weighted by Crippen LogP contribution is 2.28. The van der Waals surface area contributed by atoms with Crippen molar-refractivity contribution in [2.45, 2.75) is 12.5 Å². The zero-order chi connectivity index (χ0) is 19.0. The van der Waals surface area contributed by atoms with Gasteiger partial charge in [-0.05, 0) is 23.8 Å². The normalized spacial score (nSPS) is 15.3. The quantitative estimate of drug-likeness (QED) is 0.741. The van der Waals surface area contributed by atoms with E-state index < -0.39 is 17.2 Å². The Balaban J connectivity index is 1.52. The van der Waals surface area contributed by atoms with Gasteiger partial charge in [-0.3, -0.25) is 4.79 Å². The van der Waals surface area contributed by atoms with Crippen molar-refractivity contribution in [2.75, 3.05) is 11.9 Å². The first-order chi connectivity index (χ1) is 13.0. The molecule has 0 fully saturated rings. The summed E-state index contributed by atoms with van der Waals surface area (Å²) in [5, 5.41) is 6.85. The molecule has 0 radical (unpaired) electrons. The van der Waals surface area contributed by atoms with Crippen LogP contribution in [0, 0.1) is 11.6 Å². The Labute approximate surface area is 158 Å². The number of benzene rings is 2. The van der Waals surface area contributed by atoms with Crippen molar-refractivity contribution in [1.29, 1.82) is 0 Å². The van der Waals surface area contributed by atoms with Gasteiger partial charge in [-0.15, -0.1) is 0 Å². The van der Waals surface area contributed by atoms with Gasteiger partial charge < -0.3 is 10.1 Å². The maximum absolute atomic E-state index is 13.9. The van der Waals surface area contributed by atoms with Crippen molar-refractivity contribution in [3.05, 3.63) is 81.2 Å². The minimum absolute atomic E-state index is 0.101. The van der Waals surface area contributed by atoms with E-state index in [1.165, 1.54) is 6.20 Å². The van der Waals surface area contributed by atoms with Crippen LogP contribution in [0.5, 0.6) is 5.75 Å². The number of rotatable bonds is 4. The number of nitrogens with one attached hydrogen (secondary N) is 1. The van der Waals surface area contributed by atoms with Crippen molar-refractivity contribution >= 4 is 17.3 Å². The molecule has 1 aliphatic rings. The molecule has 1 aliphatic heterocycles. The molecule has 1 atom stereocenters. The maximum atomic E-state index is 13.9. The van der Waals surface area contributed by atoms with Gasteiger partial charge in [-0.1, -0.05) is 29.8 Å². The maximum Gasteiger partial charge on any atom is 0.292 e. The van der Waals surface area contributed by atoms with E-state index in [4.69, 9.17) is 16.3 Å². The SMILES string of the molecule is O=c1c(Cl)c(NC[C@@H]2Cc3ccccc3O2)cnn1-c1ccc(F)cc1F. The zero-order valence-electron chi connectivity index (χ0n) is 14.0. The molecule has 5 nitrogen and oxygen atoms in total. The van der Waals surface area contributed by atoms with Gasteiger partial charge in [-0.25, -0.2) is 8.78 Å². The average molecular weight is 390 g/mol. The Hall–Kier alpha value is -2.93. The van der Waals surface area contributed by atoms with E-state index in [1.807, 2.05) is 24.3 Å². The number of hydrogen-bond donors (Lipinski definition) is 1. The highest BCUT2D eigenvalue weighted by molar-refractivity contribution is 6.32. The first-order valence-corrected chi connectivity index (χ1v) is 8.62. The fraction of sp³-hybridized carbons (Fsp3) is 0.158. The smallest absolute Gasteiger partial charge is 0.292 e. The van der Waals surface area contributed by atoms with Gasteiger partial charge in [0, 0.05) is 12.5 Å². The molecule has 4 rings (SSSR count). The van der Waals surface area contributed by atoms with Crippen LogP contribution in [0.2, 0.25) is 5.02 Å². The molecular weight excluding hydrogens is 376 g/mol. The third kappa shape index (κ3) is 3.38. The van der Waals surface area contributed by atoms with E-state index in [9.17, 15) is 13.6 Å². The number of anilines is 1. The Kier molecular flexibility index (Phi) is 4.53. The third-order valence-electron chi connectivity index (χ3n) is 4.29. The highest BCUT2D eigenvalue weighted by Gasteiger charge is 2.22. The summed E-state index contributed by atoms with van der Waals surface area (Å²) in [5.41, 5.74) is 0.558. The van der Waals surface area contributed by atoms with Crippen LogP contribution in [0.15, 0.2) is 53.5 Å². The van der Waals surface area contributed by atoms with Crippen LogP contribution in [-0.4, -0.2) is 22.4 Å². The molecule has 1 aromatic heterocycles. The predicted octanol–water partition coefficient (Wildman–Crippen LogP) is 3.58. The van der Waals surface area contributed by atoms with E-state index in [0.717, 1.165) is 34.5 Å². The number of hydrogen-bond acceptors (Lipinski definition) is 4. The summed E-state index contributed by atoms with van der Waals surface area (Å²) in [6, 6.07) is 10.6. The summed E-state index contributed by atoms with van der Waals surface area (Å²) in [7, 11) is 0. The van der Waals surface area contributed by atoms with Crippen molar-refractivity contribution in [1.82, 2.24) is 9.78 Å². The molecule has 27 heavy (non-hydrogen) atoms. The molecule has 2 aromatic carbocycles. The summed E-state index contributed by atoms with van der Waals surface area (Å²) in [5.74, 6) is -0.805. The number of halogens is 3. The molecule has 0 saturated carbocycles. The van der Waals surface area contributed by atoms with Crippen LogP contribution < -0.4 is 15.6 Å². The Morgan fingerprint density at radius 2 is 2.07 bits per heavy atom. The average Bonchev–Trinajstić information content (AvgIpc) is 3.07. The fourth-order valence-corrected chi connectivity index (χ4v) is 3.17. The molecule has 0 bridgehead atoms. The minimum atomic E-state index is -0.904. The van der Waals surface area contributed by atoms with Gasteiger partial charge in [-0.2, -0.15) is 9.78 Å². The lowest BCUT2D eigenvalue weighted by molar-refractivity contribution is 0.246. The van der Waals surface area contributed by atoms with Gasteiger partial charge in [0.15, 0.2) is 5.82 Å². The standard InChI is InChI=1S/C19H14ClF2N3O2/c20-18-15(23-9-13-7-11-3-1-2-4-17(11)27-13)10-24-25(19(18)26)16-6-5-12(21)8-14(16)22/h1-6,8,10,13,23H,7,9H2/t13-/m0/s1. The van der Waals surface area contributed by atoms with Crippen LogP contribution in [0.3, 0.4) is 0 Å². The fourth-order valence-electron chi connectivity index (χ4n) is 2.97. The van der Waals surface area contributed by atoms with E-state index in [1.54, 1.807) is 0 Å². The van der Waals surface area contributed by atoms with Gasteiger partial charge >= 0.3 is 0 Å². The Morgan fingerprint density at radius 3 is 2.85 bits per heavy atom. The van der Waals surface area contributed by atoms with Crippen molar-refractivity contribution in [3.8, 4) is 11.4 Å². The molecule has 0 unspecified atom stereocenters. The summed E-state index contributed by atoms with van der Waals surface area (Å²) >= 11 is 6.13. The van der Waals surface area contributed by atoms with Crippen LogP contribution >= 0.6 is 11.6 Å². The molecular formula is C19H14ClF2N3O2. The van der Waals surface area contributed by atoms with Gasteiger partial charge in [0.1, 0.15) is 28.4 Å². The summed E-state index contributed by atoms with van der Waals surface area (Å²) in [6.07, 6.45) is 1.97. The Bertz CT molecular complexity index is 1050. The number of para-hydroxylation sites is 1. The lowest BCUT2D eigenvalue weighted by Gasteiger charge is -2.14.